The fourth-order valence-corrected chi connectivity index (χ4v) is 2.61. The summed E-state index contributed by atoms with van der Waals surface area (Å²) in [6.45, 7) is 3.10. The Kier molecular flexibility index (Phi) is 5.44. The zero-order chi connectivity index (χ0) is 15.2. The molecule has 2 rings (SSSR count). The molecule has 3 nitrogen and oxygen atoms in total. The Morgan fingerprint density at radius 1 is 1.19 bits per heavy atom. The van der Waals surface area contributed by atoms with Crippen molar-refractivity contribution in [1.82, 2.24) is 0 Å². The van der Waals surface area contributed by atoms with Gasteiger partial charge in [-0.2, -0.15) is 0 Å². The van der Waals surface area contributed by atoms with Gasteiger partial charge < -0.3 is 14.8 Å². The molecule has 0 fully saturated rings. The van der Waals surface area contributed by atoms with Crippen LogP contribution >= 0.6 is 15.9 Å². The summed E-state index contributed by atoms with van der Waals surface area (Å²) in [5.74, 6) is 1.14. The highest BCUT2D eigenvalue weighted by molar-refractivity contribution is 9.10. The molecule has 0 radical (unpaired) electrons. The molecule has 0 spiro atoms. The molecular weight excluding hydrogens is 337 g/mol. The summed E-state index contributed by atoms with van der Waals surface area (Å²) in [7, 11) is 1.61. The maximum absolute atomic E-state index is 12.9. The number of hydrogen-bond acceptors (Lipinski definition) is 3. The first kappa shape index (κ1) is 15.6. The van der Waals surface area contributed by atoms with E-state index in [-0.39, 0.29) is 5.82 Å². The van der Waals surface area contributed by atoms with Gasteiger partial charge in [0.15, 0.2) is 11.5 Å². The van der Waals surface area contributed by atoms with Crippen molar-refractivity contribution in [3.05, 3.63) is 52.3 Å². The summed E-state index contributed by atoms with van der Waals surface area (Å²) >= 11 is 3.48. The van der Waals surface area contributed by atoms with Gasteiger partial charge in [0.1, 0.15) is 5.82 Å². The fourth-order valence-electron chi connectivity index (χ4n) is 1.96. The van der Waals surface area contributed by atoms with E-state index in [1.54, 1.807) is 19.2 Å². The van der Waals surface area contributed by atoms with E-state index in [1.165, 1.54) is 12.1 Å². The molecule has 2 aromatic rings. The van der Waals surface area contributed by atoms with Crippen LogP contribution < -0.4 is 14.8 Å². The molecule has 2 aromatic carbocycles. The number of nitrogens with one attached hydrogen (secondary N) is 1. The zero-order valence-electron chi connectivity index (χ0n) is 12.0. The van der Waals surface area contributed by atoms with Crippen LogP contribution in [0.3, 0.4) is 0 Å². The molecular formula is C16H17BrFNO2. The second kappa shape index (κ2) is 7.31. The van der Waals surface area contributed by atoms with Crippen LogP contribution in [0.5, 0.6) is 11.5 Å². The maximum Gasteiger partial charge on any atom is 0.174 e. The third kappa shape index (κ3) is 4.11. The highest BCUT2D eigenvalue weighted by Gasteiger charge is 2.11. The van der Waals surface area contributed by atoms with Gasteiger partial charge in [0.25, 0.3) is 0 Å². The normalized spacial score (nSPS) is 10.3. The van der Waals surface area contributed by atoms with E-state index in [1.807, 2.05) is 19.1 Å². The average molecular weight is 354 g/mol. The first-order valence-electron chi connectivity index (χ1n) is 6.62. The first-order valence-corrected chi connectivity index (χ1v) is 7.42. The number of methoxy groups -OCH3 is 1. The maximum atomic E-state index is 12.9. The molecule has 1 N–H and O–H groups in total. The molecule has 0 heterocycles. The Morgan fingerprint density at radius 2 is 1.90 bits per heavy atom. The predicted molar refractivity (Wildman–Crippen MR) is 85.6 cm³/mol. The van der Waals surface area contributed by atoms with Crippen molar-refractivity contribution in [2.75, 3.05) is 19.0 Å². The lowest BCUT2D eigenvalue weighted by atomic mass is 10.2. The molecule has 0 saturated heterocycles. The Balaban J connectivity index is 2.14. The standard InChI is InChI=1S/C16H17BrFNO2/c1-3-21-15-9-11(8-14(17)16(15)20-2)10-19-13-6-4-12(18)5-7-13/h4-9,19H,3,10H2,1-2H3. The van der Waals surface area contributed by atoms with Crippen molar-refractivity contribution in [3.8, 4) is 11.5 Å². The summed E-state index contributed by atoms with van der Waals surface area (Å²) < 4.78 is 24.6. The van der Waals surface area contributed by atoms with Crippen molar-refractivity contribution >= 4 is 21.6 Å². The van der Waals surface area contributed by atoms with Crippen LogP contribution in [-0.2, 0) is 6.54 Å². The van der Waals surface area contributed by atoms with Crippen molar-refractivity contribution in [2.24, 2.45) is 0 Å². The first-order chi connectivity index (χ1) is 10.1. The van der Waals surface area contributed by atoms with Crippen LogP contribution in [0.4, 0.5) is 10.1 Å². The van der Waals surface area contributed by atoms with Gasteiger partial charge in [-0.1, -0.05) is 0 Å². The van der Waals surface area contributed by atoms with Gasteiger partial charge in [-0.15, -0.1) is 0 Å². The van der Waals surface area contributed by atoms with Gasteiger partial charge in [0, 0.05) is 12.2 Å². The van der Waals surface area contributed by atoms with E-state index in [4.69, 9.17) is 9.47 Å². The highest BCUT2D eigenvalue weighted by Crippen LogP contribution is 2.36. The van der Waals surface area contributed by atoms with E-state index in [0.29, 0.717) is 24.7 Å². The predicted octanol–water partition coefficient (Wildman–Crippen LogP) is 4.61. The highest BCUT2D eigenvalue weighted by atomic mass is 79.9. The minimum atomic E-state index is -0.244. The molecule has 5 heteroatoms. The number of anilines is 1. The third-order valence-corrected chi connectivity index (χ3v) is 3.50. The molecule has 0 atom stereocenters. The molecule has 0 bridgehead atoms. The monoisotopic (exact) mass is 353 g/mol. The number of benzene rings is 2. The van der Waals surface area contributed by atoms with E-state index >= 15 is 0 Å². The van der Waals surface area contributed by atoms with Gasteiger partial charge >= 0.3 is 0 Å². The van der Waals surface area contributed by atoms with Crippen molar-refractivity contribution in [2.45, 2.75) is 13.5 Å². The lowest BCUT2D eigenvalue weighted by Crippen LogP contribution is -2.02. The molecule has 0 aromatic heterocycles. The van der Waals surface area contributed by atoms with Crippen molar-refractivity contribution in [3.63, 3.8) is 0 Å². The Morgan fingerprint density at radius 3 is 2.52 bits per heavy atom. The molecule has 0 unspecified atom stereocenters. The SMILES string of the molecule is CCOc1cc(CNc2ccc(F)cc2)cc(Br)c1OC. The summed E-state index contributed by atoms with van der Waals surface area (Å²) in [6.07, 6.45) is 0. The summed E-state index contributed by atoms with van der Waals surface area (Å²) in [4.78, 5) is 0. The minimum Gasteiger partial charge on any atom is -0.492 e. The number of hydrogen-bond donors (Lipinski definition) is 1. The molecule has 0 amide bonds. The van der Waals surface area contributed by atoms with Crippen molar-refractivity contribution in [1.29, 1.82) is 0 Å². The second-order valence-electron chi connectivity index (χ2n) is 4.40. The van der Waals surface area contributed by atoms with E-state index in [0.717, 1.165) is 15.7 Å². The molecule has 0 aliphatic carbocycles. The smallest absolute Gasteiger partial charge is 0.174 e. The van der Waals surface area contributed by atoms with Gasteiger partial charge in [-0.3, -0.25) is 0 Å². The largest absolute Gasteiger partial charge is 0.492 e. The Labute approximate surface area is 132 Å². The number of ether oxygens (including phenoxy) is 2. The molecule has 112 valence electrons. The fraction of sp³-hybridized carbons (Fsp3) is 0.250. The van der Waals surface area contributed by atoms with Gasteiger partial charge in [0.2, 0.25) is 0 Å². The van der Waals surface area contributed by atoms with Crippen molar-refractivity contribution < 1.29 is 13.9 Å². The topological polar surface area (TPSA) is 30.5 Å². The number of halogens is 2. The van der Waals surface area contributed by atoms with E-state index in [9.17, 15) is 4.39 Å². The van der Waals surface area contributed by atoms with Gasteiger partial charge in [0.05, 0.1) is 18.2 Å². The molecule has 0 aliphatic heterocycles. The lowest BCUT2D eigenvalue weighted by molar-refractivity contribution is 0.309. The molecule has 21 heavy (non-hydrogen) atoms. The summed E-state index contributed by atoms with van der Waals surface area (Å²) in [5.41, 5.74) is 1.90. The zero-order valence-corrected chi connectivity index (χ0v) is 13.5. The number of rotatable bonds is 6. The summed E-state index contributed by atoms with van der Waals surface area (Å²) in [6, 6.07) is 10.2. The van der Waals surface area contributed by atoms with Gasteiger partial charge in [-0.05, 0) is 64.8 Å². The second-order valence-corrected chi connectivity index (χ2v) is 5.26. The average Bonchev–Trinajstić information content (AvgIpc) is 2.47. The Bertz CT molecular complexity index is 602. The quantitative estimate of drug-likeness (QED) is 0.822. The lowest BCUT2D eigenvalue weighted by Gasteiger charge is -2.14. The summed E-state index contributed by atoms with van der Waals surface area (Å²) in [5, 5.41) is 3.24. The van der Waals surface area contributed by atoms with Crippen LogP contribution in [0, 0.1) is 5.82 Å². The van der Waals surface area contributed by atoms with Crippen LogP contribution in [0.15, 0.2) is 40.9 Å². The van der Waals surface area contributed by atoms with Crippen LogP contribution in [0.1, 0.15) is 12.5 Å². The van der Waals surface area contributed by atoms with E-state index in [2.05, 4.69) is 21.2 Å². The van der Waals surface area contributed by atoms with Gasteiger partial charge in [-0.25, -0.2) is 4.39 Å². The van der Waals surface area contributed by atoms with E-state index < -0.39 is 0 Å². The third-order valence-electron chi connectivity index (χ3n) is 2.91. The van der Waals surface area contributed by atoms with Crippen LogP contribution in [0.25, 0.3) is 0 Å². The molecule has 0 aliphatic rings. The van der Waals surface area contributed by atoms with Crippen LogP contribution in [-0.4, -0.2) is 13.7 Å². The van der Waals surface area contributed by atoms with Crippen LogP contribution in [0.2, 0.25) is 0 Å². The molecule has 0 saturated carbocycles. The Hall–Kier alpha value is -1.75. The minimum absolute atomic E-state index is 0.244.